The van der Waals surface area contributed by atoms with Crippen LogP contribution < -0.4 is 15.4 Å². The lowest BCUT2D eigenvalue weighted by Gasteiger charge is -2.11. The number of oxazole rings is 1. The van der Waals surface area contributed by atoms with Crippen molar-refractivity contribution >= 4 is 16.0 Å². The Balaban J connectivity index is 1.44. The summed E-state index contributed by atoms with van der Waals surface area (Å²) in [6, 6.07) is 16.4. The Morgan fingerprint density at radius 3 is 2.47 bits per heavy atom. The fraction of sp³-hybridized carbons (Fsp3) is 0.238. The zero-order valence-corrected chi connectivity index (χ0v) is 17.7. The summed E-state index contributed by atoms with van der Waals surface area (Å²) in [6.45, 7) is 2.93. The Labute approximate surface area is 176 Å². The molecule has 158 valence electrons. The Morgan fingerprint density at radius 2 is 1.77 bits per heavy atom. The molecule has 0 unspecified atom stereocenters. The molecule has 0 aliphatic carbocycles. The number of aliphatic imine (C=N–C) groups is 1. The monoisotopic (exact) mass is 427 g/mol. The fourth-order valence-corrected chi connectivity index (χ4v) is 3.70. The van der Waals surface area contributed by atoms with E-state index in [9.17, 15) is 8.42 Å². The molecule has 3 rings (SSSR count). The van der Waals surface area contributed by atoms with E-state index < -0.39 is 10.0 Å². The average Bonchev–Trinajstić information content (AvgIpc) is 3.23. The van der Waals surface area contributed by atoms with E-state index >= 15 is 0 Å². The second-order valence-electron chi connectivity index (χ2n) is 6.57. The molecule has 9 heteroatoms. The molecule has 0 aliphatic rings. The number of aromatic nitrogens is 1. The van der Waals surface area contributed by atoms with Crippen molar-refractivity contribution in [1.29, 1.82) is 0 Å². The van der Waals surface area contributed by atoms with Gasteiger partial charge in [-0.1, -0.05) is 35.9 Å². The highest BCUT2D eigenvalue weighted by Crippen LogP contribution is 2.17. The SMILES string of the molecule is CN=C(NCCNS(=O)(=O)c1ccc(C)cc1)NCc1coc(-c2ccccc2)n1. The minimum Gasteiger partial charge on any atom is -0.444 e. The normalized spacial score (nSPS) is 12.0. The zero-order valence-electron chi connectivity index (χ0n) is 16.9. The maximum absolute atomic E-state index is 12.3. The number of rotatable bonds is 8. The number of nitrogens with one attached hydrogen (secondary N) is 3. The Morgan fingerprint density at radius 1 is 1.03 bits per heavy atom. The van der Waals surface area contributed by atoms with Gasteiger partial charge in [0.15, 0.2) is 5.96 Å². The summed E-state index contributed by atoms with van der Waals surface area (Å²) < 4.78 is 32.7. The summed E-state index contributed by atoms with van der Waals surface area (Å²) in [7, 11) is -1.89. The molecular weight excluding hydrogens is 402 g/mol. The molecule has 0 radical (unpaired) electrons. The van der Waals surface area contributed by atoms with Crippen molar-refractivity contribution in [1.82, 2.24) is 20.3 Å². The third-order valence-electron chi connectivity index (χ3n) is 4.27. The van der Waals surface area contributed by atoms with Crippen LogP contribution in [0.1, 0.15) is 11.3 Å². The van der Waals surface area contributed by atoms with Crippen LogP contribution in [0.5, 0.6) is 0 Å². The van der Waals surface area contributed by atoms with Crippen LogP contribution in [-0.4, -0.2) is 39.5 Å². The highest BCUT2D eigenvalue weighted by molar-refractivity contribution is 7.89. The highest BCUT2D eigenvalue weighted by Gasteiger charge is 2.13. The number of nitrogens with zero attached hydrogens (tertiary/aromatic N) is 2. The van der Waals surface area contributed by atoms with Gasteiger partial charge in [0.1, 0.15) is 6.26 Å². The summed E-state index contributed by atoms with van der Waals surface area (Å²) in [5.41, 5.74) is 2.65. The minimum atomic E-state index is -3.53. The van der Waals surface area contributed by atoms with E-state index in [0.717, 1.165) is 16.8 Å². The number of sulfonamides is 1. The van der Waals surface area contributed by atoms with Crippen molar-refractivity contribution in [2.45, 2.75) is 18.4 Å². The topological polar surface area (TPSA) is 109 Å². The van der Waals surface area contributed by atoms with Gasteiger partial charge in [0, 0.05) is 25.7 Å². The predicted molar refractivity (Wildman–Crippen MR) is 117 cm³/mol. The van der Waals surface area contributed by atoms with Crippen molar-refractivity contribution in [2.24, 2.45) is 4.99 Å². The van der Waals surface area contributed by atoms with Crippen LogP contribution in [0.25, 0.3) is 11.5 Å². The van der Waals surface area contributed by atoms with Gasteiger partial charge in [-0.05, 0) is 31.2 Å². The number of guanidine groups is 1. The first-order valence-corrected chi connectivity index (χ1v) is 11.0. The van der Waals surface area contributed by atoms with Crippen LogP contribution in [0.3, 0.4) is 0 Å². The molecule has 1 aromatic heterocycles. The lowest BCUT2D eigenvalue weighted by atomic mass is 10.2. The van der Waals surface area contributed by atoms with Crippen LogP contribution >= 0.6 is 0 Å². The van der Waals surface area contributed by atoms with Gasteiger partial charge >= 0.3 is 0 Å². The van der Waals surface area contributed by atoms with E-state index in [1.54, 1.807) is 37.6 Å². The lowest BCUT2D eigenvalue weighted by molar-refractivity contribution is 0.571. The van der Waals surface area contributed by atoms with Crippen molar-refractivity contribution in [2.75, 3.05) is 20.1 Å². The van der Waals surface area contributed by atoms with E-state index in [0.29, 0.717) is 24.9 Å². The molecule has 30 heavy (non-hydrogen) atoms. The molecule has 0 fully saturated rings. The van der Waals surface area contributed by atoms with Gasteiger partial charge in [0.05, 0.1) is 17.1 Å². The molecule has 0 bridgehead atoms. The smallest absolute Gasteiger partial charge is 0.240 e. The Hall–Kier alpha value is -3.17. The first-order valence-electron chi connectivity index (χ1n) is 9.48. The van der Waals surface area contributed by atoms with Gasteiger partial charge in [0.2, 0.25) is 15.9 Å². The van der Waals surface area contributed by atoms with Crippen LogP contribution in [0.2, 0.25) is 0 Å². The summed E-state index contributed by atoms with van der Waals surface area (Å²) in [5, 5.41) is 6.19. The molecular formula is C21H25N5O3S. The molecule has 0 saturated carbocycles. The van der Waals surface area contributed by atoms with Gasteiger partial charge in [0.25, 0.3) is 0 Å². The van der Waals surface area contributed by atoms with Gasteiger partial charge in [-0.15, -0.1) is 0 Å². The number of aryl methyl sites for hydroxylation is 1. The average molecular weight is 428 g/mol. The molecule has 0 atom stereocenters. The molecule has 8 nitrogen and oxygen atoms in total. The number of benzene rings is 2. The predicted octanol–water partition coefficient (Wildman–Crippen LogP) is 2.29. The van der Waals surface area contributed by atoms with Crippen LogP contribution in [0, 0.1) is 6.92 Å². The van der Waals surface area contributed by atoms with Gasteiger partial charge in [-0.3, -0.25) is 4.99 Å². The zero-order chi connectivity index (χ0) is 21.4. The molecule has 0 aliphatic heterocycles. The molecule has 1 heterocycles. The third-order valence-corrected chi connectivity index (χ3v) is 5.75. The van der Waals surface area contributed by atoms with Gasteiger partial charge in [-0.25, -0.2) is 18.1 Å². The first kappa shape index (κ1) is 21.5. The molecule has 0 saturated heterocycles. The maximum Gasteiger partial charge on any atom is 0.240 e. The van der Waals surface area contributed by atoms with Crippen LogP contribution in [0.15, 0.2) is 75.2 Å². The van der Waals surface area contributed by atoms with Crippen molar-refractivity contribution in [3.63, 3.8) is 0 Å². The van der Waals surface area contributed by atoms with Gasteiger partial charge in [-0.2, -0.15) is 0 Å². The first-order chi connectivity index (χ1) is 14.5. The van der Waals surface area contributed by atoms with Crippen molar-refractivity contribution in [3.05, 3.63) is 72.1 Å². The van der Waals surface area contributed by atoms with Crippen LogP contribution in [-0.2, 0) is 16.6 Å². The number of hydrogen-bond donors (Lipinski definition) is 3. The summed E-state index contributed by atoms with van der Waals surface area (Å²) in [4.78, 5) is 8.83. The van der Waals surface area contributed by atoms with E-state index in [1.807, 2.05) is 37.3 Å². The van der Waals surface area contributed by atoms with E-state index in [1.165, 1.54) is 0 Å². The fourth-order valence-electron chi connectivity index (χ4n) is 2.66. The summed E-state index contributed by atoms with van der Waals surface area (Å²) in [6.07, 6.45) is 1.60. The second-order valence-corrected chi connectivity index (χ2v) is 8.34. The van der Waals surface area contributed by atoms with E-state index in [2.05, 4.69) is 25.3 Å². The Kier molecular flexibility index (Phi) is 7.21. The molecule has 3 aromatic rings. The lowest BCUT2D eigenvalue weighted by Crippen LogP contribution is -2.41. The minimum absolute atomic E-state index is 0.221. The highest BCUT2D eigenvalue weighted by atomic mass is 32.2. The molecule has 0 spiro atoms. The molecule has 3 N–H and O–H groups in total. The molecule has 2 aromatic carbocycles. The number of hydrogen-bond acceptors (Lipinski definition) is 5. The quantitative estimate of drug-likeness (QED) is 0.289. The van der Waals surface area contributed by atoms with Crippen molar-refractivity contribution in [3.8, 4) is 11.5 Å². The largest absolute Gasteiger partial charge is 0.444 e. The standard InChI is InChI=1S/C21H25N5O3S/c1-16-8-10-19(11-9-16)30(27,28)25-13-12-23-21(22-2)24-14-18-15-29-20(26-18)17-6-4-3-5-7-17/h3-11,15,25H,12-14H2,1-2H3,(H2,22,23,24). The summed E-state index contributed by atoms with van der Waals surface area (Å²) in [5.74, 6) is 1.09. The second kappa shape index (κ2) is 10.0. The third kappa shape index (κ3) is 5.91. The maximum atomic E-state index is 12.3. The van der Waals surface area contributed by atoms with Crippen molar-refractivity contribution < 1.29 is 12.8 Å². The summed E-state index contributed by atoms with van der Waals surface area (Å²) >= 11 is 0. The van der Waals surface area contributed by atoms with E-state index in [-0.39, 0.29) is 11.4 Å². The van der Waals surface area contributed by atoms with Crippen LogP contribution in [0.4, 0.5) is 0 Å². The van der Waals surface area contributed by atoms with E-state index in [4.69, 9.17) is 4.42 Å². The molecule has 0 amide bonds. The van der Waals surface area contributed by atoms with Gasteiger partial charge < -0.3 is 15.1 Å². The Bertz CT molecular complexity index is 1080.